The lowest BCUT2D eigenvalue weighted by molar-refractivity contribution is 0.312. The van der Waals surface area contributed by atoms with Gasteiger partial charge in [0.15, 0.2) is 0 Å². The van der Waals surface area contributed by atoms with E-state index in [0.29, 0.717) is 11.8 Å². The maximum atomic E-state index is 6.02. The van der Waals surface area contributed by atoms with E-state index >= 15 is 0 Å². The fraction of sp³-hybridized carbons (Fsp3) is 0.867. The van der Waals surface area contributed by atoms with Gasteiger partial charge in [-0.25, -0.2) is 0 Å². The SMILES string of the molecule is CN(C)/N=C(/O[Si+](C)O/C(=N/N(C)C)C(C)(C)C)C(C)(C)C. The van der Waals surface area contributed by atoms with Gasteiger partial charge in [0, 0.05) is 39.0 Å². The molecule has 0 spiro atoms. The van der Waals surface area contributed by atoms with E-state index in [1.165, 1.54) is 0 Å². The van der Waals surface area contributed by atoms with Crippen LogP contribution in [0.5, 0.6) is 0 Å². The van der Waals surface area contributed by atoms with Crippen molar-refractivity contribution in [2.24, 2.45) is 21.0 Å². The van der Waals surface area contributed by atoms with Gasteiger partial charge in [0.05, 0.1) is 0 Å². The van der Waals surface area contributed by atoms with E-state index in [-0.39, 0.29) is 10.8 Å². The van der Waals surface area contributed by atoms with Gasteiger partial charge in [0.2, 0.25) is 0 Å². The van der Waals surface area contributed by atoms with E-state index in [1.807, 2.05) is 34.7 Å². The highest BCUT2D eigenvalue weighted by Gasteiger charge is 2.41. The van der Waals surface area contributed by atoms with Gasteiger partial charge in [-0.15, -0.1) is 10.2 Å². The molecule has 0 amide bonds. The smallest absolute Gasteiger partial charge is 0.303 e. The summed E-state index contributed by atoms with van der Waals surface area (Å²) in [7, 11) is 5.97. The van der Waals surface area contributed by atoms with Crippen LogP contribution < -0.4 is 0 Å². The Labute approximate surface area is 138 Å². The normalized spacial score (nSPS) is 13.8. The average molecular weight is 330 g/mol. The van der Waals surface area contributed by atoms with Crippen LogP contribution in [-0.4, -0.2) is 59.3 Å². The van der Waals surface area contributed by atoms with Crippen LogP contribution in [0.2, 0.25) is 6.55 Å². The number of hydrazone groups is 2. The van der Waals surface area contributed by atoms with Gasteiger partial charge in [-0.05, 0) is 0 Å². The highest BCUT2D eigenvalue weighted by Crippen LogP contribution is 2.21. The Hall–Kier alpha value is -1.24. The van der Waals surface area contributed by atoms with Crippen molar-refractivity contribution in [3.05, 3.63) is 0 Å². The summed E-state index contributed by atoms with van der Waals surface area (Å²) in [5.74, 6) is 1.35. The van der Waals surface area contributed by atoms with Crippen molar-refractivity contribution < 1.29 is 8.85 Å². The van der Waals surface area contributed by atoms with Crippen LogP contribution in [0.25, 0.3) is 0 Å². The van der Waals surface area contributed by atoms with Crippen LogP contribution in [0.4, 0.5) is 0 Å². The molecular formula is C15H33N4O2Si+. The van der Waals surface area contributed by atoms with E-state index in [1.54, 1.807) is 10.0 Å². The number of nitrogens with zero attached hydrogens (tertiary/aromatic N) is 4. The quantitative estimate of drug-likeness (QED) is 0.344. The first-order valence-corrected chi connectivity index (χ1v) is 9.27. The molecule has 22 heavy (non-hydrogen) atoms. The average Bonchev–Trinajstić information content (AvgIpc) is 2.23. The van der Waals surface area contributed by atoms with E-state index < -0.39 is 9.28 Å². The minimum absolute atomic E-state index is 0.180. The molecule has 0 N–H and O–H groups in total. The predicted octanol–water partition coefficient (Wildman–Crippen LogP) is 2.98. The van der Waals surface area contributed by atoms with Gasteiger partial charge >= 0.3 is 9.28 Å². The molecule has 0 heterocycles. The van der Waals surface area contributed by atoms with Gasteiger partial charge < -0.3 is 8.85 Å². The molecule has 0 aliphatic rings. The van der Waals surface area contributed by atoms with Crippen LogP contribution >= 0.6 is 0 Å². The number of hydrogen-bond donors (Lipinski definition) is 0. The van der Waals surface area contributed by atoms with Gasteiger partial charge in [0.1, 0.15) is 6.55 Å². The standard InChI is InChI=1S/C15H33N4O2Si/c1-14(2,3)12(16-18(7)8)20-22(11)21-13(15(4,5)6)17-19(9)10/h1-11H3/q+1/b16-12+,17-13+. The third kappa shape index (κ3) is 8.26. The van der Waals surface area contributed by atoms with Crippen molar-refractivity contribution in [1.82, 2.24) is 10.0 Å². The minimum atomic E-state index is -1.56. The predicted molar refractivity (Wildman–Crippen MR) is 94.9 cm³/mol. The molecule has 0 atom stereocenters. The highest BCUT2D eigenvalue weighted by atomic mass is 28.3. The first-order chi connectivity index (χ1) is 9.73. The van der Waals surface area contributed by atoms with Crippen molar-refractivity contribution >= 4 is 21.1 Å². The molecule has 6 nitrogen and oxygen atoms in total. The monoisotopic (exact) mass is 329 g/mol. The summed E-state index contributed by atoms with van der Waals surface area (Å²) in [6, 6.07) is 0. The Morgan fingerprint density at radius 2 is 1.00 bits per heavy atom. The molecule has 0 fully saturated rings. The summed E-state index contributed by atoms with van der Waals surface area (Å²) in [5, 5.41) is 12.4. The minimum Gasteiger partial charge on any atom is -0.303 e. The second-order valence-corrected chi connectivity index (χ2v) is 9.09. The first-order valence-electron chi connectivity index (χ1n) is 7.45. The zero-order valence-electron chi connectivity index (χ0n) is 16.1. The topological polar surface area (TPSA) is 49.7 Å². The molecule has 128 valence electrons. The molecule has 0 aliphatic heterocycles. The third-order valence-corrected chi connectivity index (χ3v) is 3.31. The van der Waals surface area contributed by atoms with E-state index in [0.717, 1.165) is 0 Å². The number of rotatable bonds is 4. The zero-order chi connectivity index (χ0) is 17.7. The highest BCUT2D eigenvalue weighted by molar-refractivity contribution is 6.47. The zero-order valence-corrected chi connectivity index (χ0v) is 17.1. The molecule has 0 radical (unpaired) electrons. The summed E-state index contributed by atoms with van der Waals surface area (Å²) < 4.78 is 12.0. The van der Waals surface area contributed by atoms with Crippen LogP contribution in [0.3, 0.4) is 0 Å². The molecule has 0 aromatic heterocycles. The van der Waals surface area contributed by atoms with Crippen LogP contribution in [0.15, 0.2) is 10.2 Å². The largest absolute Gasteiger partial charge is 0.778 e. The van der Waals surface area contributed by atoms with Crippen molar-refractivity contribution in [2.75, 3.05) is 28.2 Å². The Bertz CT molecular complexity index is 369. The maximum absolute atomic E-state index is 6.02. The summed E-state index contributed by atoms with van der Waals surface area (Å²) in [4.78, 5) is 0. The Balaban J connectivity index is 5.14. The summed E-state index contributed by atoms with van der Waals surface area (Å²) in [6.07, 6.45) is 0. The van der Waals surface area contributed by atoms with Crippen LogP contribution in [0.1, 0.15) is 41.5 Å². The second kappa shape index (κ2) is 7.85. The van der Waals surface area contributed by atoms with Gasteiger partial charge in [-0.2, -0.15) is 0 Å². The van der Waals surface area contributed by atoms with Crippen LogP contribution in [0, 0.1) is 10.8 Å². The van der Waals surface area contributed by atoms with Gasteiger partial charge in [-0.1, -0.05) is 41.5 Å². The summed E-state index contributed by atoms with van der Waals surface area (Å²) >= 11 is 0. The molecule has 0 aliphatic carbocycles. The summed E-state index contributed by atoms with van der Waals surface area (Å²) in [5.41, 5.74) is -0.361. The molecule has 0 aromatic carbocycles. The second-order valence-electron chi connectivity index (χ2n) is 7.70. The lowest BCUT2D eigenvalue weighted by Crippen LogP contribution is -2.37. The van der Waals surface area contributed by atoms with Crippen molar-refractivity contribution in [3.63, 3.8) is 0 Å². The van der Waals surface area contributed by atoms with E-state index in [9.17, 15) is 0 Å². The fourth-order valence-electron chi connectivity index (χ4n) is 1.30. The molecule has 0 unspecified atom stereocenters. The number of hydrogen-bond acceptors (Lipinski definition) is 6. The molecule has 0 saturated heterocycles. The van der Waals surface area contributed by atoms with Crippen molar-refractivity contribution in [2.45, 2.75) is 48.1 Å². The molecule has 0 rings (SSSR count). The molecular weight excluding hydrogens is 296 g/mol. The van der Waals surface area contributed by atoms with E-state index in [2.05, 4.69) is 51.7 Å². The molecule has 7 heteroatoms. The molecule has 0 saturated carbocycles. The van der Waals surface area contributed by atoms with Gasteiger partial charge in [0.25, 0.3) is 11.8 Å². The Kier molecular flexibility index (Phi) is 7.41. The van der Waals surface area contributed by atoms with Crippen molar-refractivity contribution in [1.29, 1.82) is 0 Å². The summed E-state index contributed by atoms with van der Waals surface area (Å²) in [6.45, 7) is 14.4. The maximum Gasteiger partial charge on any atom is 0.778 e. The van der Waals surface area contributed by atoms with Crippen molar-refractivity contribution in [3.8, 4) is 0 Å². The third-order valence-electron chi connectivity index (χ3n) is 2.35. The van der Waals surface area contributed by atoms with Gasteiger partial charge in [-0.3, -0.25) is 10.0 Å². The fourth-order valence-corrected chi connectivity index (χ4v) is 2.58. The molecule has 0 bridgehead atoms. The lowest BCUT2D eigenvalue weighted by atomic mass is 9.97. The molecule has 0 aromatic rings. The Morgan fingerprint density at radius 1 is 0.727 bits per heavy atom. The van der Waals surface area contributed by atoms with E-state index in [4.69, 9.17) is 8.85 Å². The van der Waals surface area contributed by atoms with Crippen LogP contribution in [-0.2, 0) is 8.85 Å². The lowest BCUT2D eigenvalue weighted by Gasteiger charge is -2.22. The Morgan fingerprint density at radius 3 is 1.18 bits per heavy atom. The first kappa shape index (κ1) is 20.8.